The summed E-state index contributed by atoms with van der Waals surface area (Å²) in [5.41, 5.74) is 0.239. The quantitative estimate of drug-likeness (QED) is 0.205. The number of likely N-dealkylation sites (tertiary alicyclic amines) is 1. The van der Waals surface area contributed by atoms with Crippen molar-refractivity contribution in [3.05, 3.63) is 22.4 Å². The van der Waals surface area contributed by atoms with E-state index < -0.39 is 0 Å². The number of rotatable bonds is 8. The standard InChI is InChI=1S/C22H38N4OS.HI/c1-2-23-21(24-13-7-14-26-15-9-19(27)10-16-26)25-18-22(11-4-3-5-12-22)20-8-6-17-28-20;/h6,8,17,19,27H,2-5,7,9-16,18H2,1H3,(H2,23,24,25);1H. The number of aliphatic imine (C=N–C) groups is 1. The zero-order valence-electron chi connectivity index (χ0n) is 17.9. The number of guanidine groups is 1. The molecule has 1 saturated heterocycles. The molecule has 1 aliphatic heterocycles. The predicted octanol–water partition coefficient (Wildman–Crippen LogP) is 3.97. The van der Waals surface area contributed by atoms with Gasteiger partial charge in [-0.15, -0.1) is 35.3 Å². The molecule has 1 aromatic heterocycles. The maximum atomic E-state index is 9.62. The zero-order chi connectivity index (χ0) is 19.7. The molecule has 5 nitrogen and oxygen atoms in total. The SMILES string of the molecule is CCNC(=NCC1(c2cccs2)CCCCC1)NCCCN1CCC(O)CC1.I. The highest BCUT2D eigenvalue weighted by atomic mass is 127. The molecule has 166 valence electrons. The van der Waals surface area contributed by atoms with Crippen LogP contribution >= 0.6 is 35.3 Å². The van der Waals surface area contributed by atoms with Gasteiger partial charge in [0.25, 0.3) is 0 Å². The molecule has 0 amide bonds. The van der Waals surface area contributed by atoms with Crippen LogP contribution in [0.3, 0.4) is 0 Å². The summed E-state index contributed by atoms with van der Waals surface area (Å²) >= 11 is 1.90. The number of hydrogen-bond acceptors (Lipinski definition) is 4. The third kappa shape index (κ3) is 7.67. The molecule has 3 N–H and O–H groups in total. The van der Waals surface area contributed by atoms with Gasteiger partial charge in [-0.1, -0.05) is 25.3 Å². The van der Waals surface area contributed by atoms with Gasteiger partial charge in [-0.3, -0.25) is 4.99 Å². The normalized spacial score (nSPS) is 20.8. The van der Waals surface area contributed by atoms with Crippen molar-refractivity contribution in [2.75, 3.05) is 39.3 Å². The van der Waals surface area contributed by atoms with E-state index in [0.29, 0.717) is 0 Å². The zero-order valence-corrected chi connectivity index (χ0v) is 21.0. The predicted molar refractivity (Wildman–Crippen MR) is 135 cm³/mol. The molecule has 2 aliphatic rings. The lowest BCUT2D eigenvalue weighted by Gasteiger charge is -2.35. The van der Waals surface area contributed by atoms with Crippen molar-refractivity contribution in [1.82, 2.24) is 15.5 Å². The largest absolute Gasteiger partial charge is 0.393 e. The number of piperidine rings is 1. The van der Waals surface area contributed by atoms with Crippen LogP contribution in [0.15, 0.2) is 22.5 Å². The highest BCUT2D eigenvalue weighted by molar-refractivity contribution is 14.0. The van der Waals surface area contributed by atoms with Crippen LogP contribution in [-0.2, 0) is 5.41 Å². The Morgan fingerprint density at radius 2 is 2.00 bits per heavy atom. The van der Waals surface area contributed by atoms with Gasteiger partial charge in [-0.05, 0) is 57.0 Å². The maximum absolute atomic E-state index is 9.62. The van der Waals surface area contributed by atoms with E-state index in [4.69, 9.17) is 4.99 Å². The molecule has 2 heterocycles. The van der Waals surface area contributed by atoms with E-state index in [1.165, 1.54) is 37.0 Å². The van der Waals surface area contributed by atoms with Crippen LogP contribution < -0.4 is 10.6 Å². The first-order valence-corrected chi connectivity index (χ1v) is 12.1. The molecule has 1 aliphatic carbocycles. The number of nitrogens with zero attached hydrogens (tertiary/aromatic N) is 2. The smallest absolute Gasteiger partial charge is 0.191 e. The number of halogens is 1. The Balaban J connectivity index is 0.00000300. The minimum absolute atomic E-state index is 0. The number of nitrogens with one attached hydrogen (secondary N) is 2. The average Bonchev–Trinajstić information content (AvgIpc) is 3.27. The first-order valence-electron chi connectivity index (χ1n) is 11.2. The van der Waals surface area contributed by atoms with Crippen molar-refractivity contribution in [3.8, 4) is 0 Å². The van der Waals surface area contributed by atoms with Crippen molar-refractivity contribution < 1.29 is 5.11 Å². The van der Waals surface area contributed by atoms with Crippen molar-refractivity contribution in [3.63, 3.8) is 0 Å². The molecule has 0 atom stereocenters. The van der Waals surface area contributed by atoms with Gasteiger partial charge in [-0.2, -0.15) is 0 Å². The molecule has 0 bridgehead atoms. The van der Waals surface area contributed by atoms with E-state index in [0.717, 1.165) is 64.5 Å². The summed E-state index contributed by atoms with van der Waals surface area (Å²) in [6.07, 6.45) is 9.39. The third-order valence-electron chi connectivity index (χ3n) is 6.24. The van der Waals surface area contributed by atoms with E-state index in [9.17, 15) is 5.11 Å². The first-order chi connectivity index (χ1) is 13.7. The van der Waals surface area contributed by atoms with Crippen molar-refractivity contribution in [2.45, 2.75) is 69.8 Å². The van der Waals surface area contributed by atoms with Gasteiger partial charge in [-0.25, -0.2) is 0 Å². The van der Waals surface area contributed by atoms with Crippen LogP contribution in [0.4, 0.5) is 0 Å². The molecule has 7 heteroatoms. The molecule has 29 heavy (non-hydrogen) atoms. The second-order valence-electron chi connectivity index (χ2n) is 8.37. The lowest BCUT2D eigenvalue weighted by atomic mass is 9.73. The summed E-state index contributed by atoms with van der Waals surface area (Å²) in [6, 6.07) is 4.49. The second kappa shape index (κ2) is 13.1. The van der Waals surface area contributed by atoms with Gasteiger partial charge < -0.3 is 20.6 Å². The van der Waals surface area contributed by atoms with Crippen LogP contribution in [-0.4, -0.2) is 61.3 Å². The highest BCUT2D eigenvalue weighted by Gasteiger charge is 2.34. The highest BCUT2D eigenvalue weighted by Crippen LogP contribution is 2.41. The summed E-state index contributed by atoms with van der Waals surface area (Å²) in [7, 11) is 0. The van der Waals surface area contributed by atoms with E-state index in [1.54, 1.807) is 0 Å². The van der Waals surface area contributed by atoms with E-state index in [2.05, 4.69) is 40.0 Å². The first kappa shape index (κ1) is 24.9. The lowest BCUT2D eigenvalue weighted by molar-refractivity contribution is 0.0823. The van der Waals surface area contributed by atoms with Crippen molar-refractivity contribution in [2.24, 2.45) is 4.99 Å². The fourth-order valence-electron chi connectivity index (χ4n) is 4.52. The van der Waals surface area contributed by atoms with E-state index in [1.807, 2.05) is 11.3 Å². The molecule has 3 rings (SSSR count). The Morgan fingerprint density at radius 3 is 2.66 bits per heavy atom. The Hall–Kier alpha value is -0.380. The second-order valence-corrected chi connectivity index (χ2v) is 9.31. The Morgan fingerprint density at radius 1 is 1.24 bits per heavy atom. The average molecular weight is 535 g/mol. The van der Waals surface area contributed by atoms with E-state index >= 15 is 0 Å². The van der Waals surface area contributed by atoms with E-state index in [-0.39, 0.29) is 35.5 Å². The van der Waals surface area contributed by atoms with Gasteiger partial charge in [0.05, 0.1) is 12.6 Å². The molecular formula is C22H39IN4OS. The van der Waals surface area contributed by atoms with Crippen LogP contribution in [0.5, 0.6) is 0 Å². The molecule has 2 fully saturated rings. The molecule has 0 unspecified atom stereocenters. The minimum atomic E-state index is -0.0858. The number of hydrogen-bond donors (Lipinski definition) is 3. The summed E-state index contributed by atoms with van der Waals surface area (Å²) < 4.78 is 0. The molecule has 1 aromatic rings. The number of thiophene rings is 1. The summed E-state index contributed by atoms with van der Waals surface area (Å²) in [6.45, 7) is 7.99. The van der Waals surface area contributed by atoms with Crippen molar-refractivity contribution in [1.29, 1.82) is 0 Å². The van der Waals surface area contributed by atoms with Crippen LogP contribution in [0.2, 0.25) is 0 Å². The molecule has 0 radical (unpaired) electrons. The fraction of sp³-hybridized carbons (Fsp3) is 0.773. The van der Waals surface area contributed by atoms with Crippen LogP contribution in [0, 0.1) is 0 Å². The van der Waals surface area contributed by atoms with Crippen LogP contribution in [0.1, 0.15) is 63.2 Å². The van der Waals surface area contributed by atoms with Gasteiger partial charge in [0.15, 0.2) is 5.96 Å². The monoisotopic (exact) mass is 534 g/mol. The maximum Gasteiger partial charge on any atom is 0.191 e. The molecular weight excluding hydrogens is 495 g/mol. The lowest BCUT2D eigenvalue weighted by Crippen LogP contribution is -2.41. The van der Waals surface area contributed by atoms with Gasteiger partial charge >= 0.3 is 0 Å². The number of aliphatic hydroxyl groups excluding tert-OH is 1. The topological polar surface area (TPSA) is 59.9 Å². The third-order valence-corrected chi connectivity index (χ3v) is 7.36. The summed E-state index contributed by atoms with van der Waals surface area (Å²) in [5, 5.41) is 18.8. The number of aliphatic hydroxyl groups is 1. The molecule has 0 aromatic carbocycles. The summed E-state index contributed by atoms with van der Waals surface area (Å²) in [5.74, 6) is 0.957. The van der Waals surface area contributed by atoms with Crippen molar-refractivity contribution >= 4 is 41.3 Å². The molecule has 0 spiro atoms. The Bertz CT molecular complexity index is 582. The minimum Gasteiger partial charge on any atom is -0.393 e. The van der Waals surface area contributed by atoms with Gasteiger partial charge in [0, 0.05) is 36.5 Å². The van der Waals surface area contributed by atoms with Gasteiger partial charge in [0.1, 0.15) is 0 Å². The van der Waals surface area contributed by atoms with Gasteiger partial charge in [0.2, 0.25) is 0 Å². The Labute approximate surface area is 197 Å². The Kier molecular flexibility index (Phi) is 11.3. The molecule has 1 saturated carbocycles. The van der Waals surface area contributed by atoms with Crippen LogP contribution in [0.25, 0.3) is 0 Å². The summed E-state index contributed by atoms with van der Waals surface area (Å²) in [4.78, 5) is 8.99. The fourth-order valence-corrected chi connectivity index (χ4v) is 5.50.